The molecular weight excluding hydrogens is 394 g/mol. The van der Waals surface area contributed by atoms with E-state index >= 15 is 0 Å². The first-order valence-electron chi connectivity index (χ1n) is 8.68. The van der Waals surface area contributed by atoms with E-state index in [0.717, 1.165) is 43.5 Å². The Morgan fingerprint density at radius 3 is 2.25 bits per heavy atom. The van der Waals surface area contributed by atoms with E-state index in [2.05, 4.69) is 11.4 Å². The fraction of sp³-hybridized carbons (Fsp3) is 0.500. The van der Waals surface area contributed by atoms with Gasteiger partial charge in [0.15, 0.2) is 6.10 Å². The van der Waals surface area contributed by atoms with Crippen LogP contribution in [0.1, 0.15) is 49.4 Å². The molecule has 1 aromatic rings. The van der Waals surface area contributed by atoms with Crippen LogP contribution in [-0.2, 0) is 19.4 Å². The van der Waals surface area contributed by atoms with Gasteiger partial charge in [0.25, 0.3) is 5.91 Å². The number of hydrogen-bond donors (Lipinski definition) is 1. The molecule has 0 saturated heterocycles. The third-order valence-corrected chi connectivity index (χ3v) is 5.99. The summed E-state index contributed by atoms with van der Waals surface area (Å²) in [4.78, 5) is 23.8. The summed E-state index contributed by atoms with van der Waals surface area (Å²) >= 11 is 0. The topological polar surface area (TPSA) is 113 Å². The van der Waals surface area contributed by atoms with Crippen LogP contribution < -0.4 is 5.32 Å². The second kappa shape index (κ2) is 8.65. The second-order valence-electron chi connectivity index (χ2n) is 6.62. The van der Waals surface area contributed by atoms with Crippen LogP contribution in [0.3, 0.4) is 0 Å². The number of carbonyl (C=O) groups excluding carboxylic acids is 2. The van der Waals surface area contributed by atoms with Crippen molar-refractivity contribution < 1.29 is 31.5 Å². The average molecular weight is 414 g/mol. The van der Waals surface area contributed by atoms with Crippen molar-refractivity contribution in [1.82, 2.24) is 5.32 Å². The van der Waals surface area contributed by atoms with Gasteiger partial charge in [-0.3, -0.25) is 4.79 Å². The first-order valence-corrected chi connectivity index (χ1v) is 10.2. The Kier molecular flexibility index (Phi) is 6.72. The van der Waals surface area contributed by atoms with Crippen LogP contribution in [0, 0.1) is 11.3 Å². The first kappa shape index (κ1) is 21.8. The summed E-state index contributed by atoms with van der Waals surface area (Å²) in [7, 11) is -4.76. The van der Waals surface area contributed by atoms with Gasteiger partial charge in [-0.1, -0.05) is 19.3 Å². The van der Waals surface area contributed by atoms with Gasteiger partial charge >= 0.3 is 11.7 Å². The number of ether oxygens (including phenoxy) is 1. The van der Waals surface area contributed by atoms with E-state index in [1.54, 1.807) is 0 Å². The zero-order valence-electron chi connectivity index (χ0n) is 15.2. The molecule has 0 aromatic heterocycles. The van der Waals surface area contributed by atoms with Gasteiger partial charge in [-0.15, -0.1) is 0 Å². The Hall–Kier alpha value is -2.54. The molecule has 1 saturated carbocycles. The van der Waals surface area contributed by atoms with E-state index in [9.17, 15) is 32.0 Å². The molecule has 152 valence electrons. The largest absolute Gasteiger partial charge is 0.449 e. The molecule has 1 atom stereocenters. The normalized spacial score (nSPS) is 17.4. The molecule has 28 heavy (non-hydrogen) atoms. The summed E-state index contributed by atoms with van der Waals surface area (Å²) in [6.07, 6.45) is 2.47. The Bertz CT molecular complexity index is 872. The minimum Gasteiger partial charge on any atom is -0.449 e. The van der Waals surface area contributed by atoms with Crippen LogP contribution in [0.2, 0.25) is 0 Å². The van der Waals surface area contributed by atoms with Gasteiger partial charge < -0.3 is 10.1 Å². The quantitative estimate of drug-likeness (QED) is 0.716. The van der Waals surface area contributed by atoms with Gasteiger partial charge in [-0.05, 0) is 44.0 Å². The molecular formula is C18H20F2N2O5S. The van der Waals surface area contributed by atoms with Crippen molar-refractivity contribution in [3.8, 4) is 6.07 Å². The molecule has 7 nitrogen and oxygen atoms in total. The van der Waals surface area contributed by atoms with Crippen LogP contribution in [0.25, 0.3) is 0 Å². The molecule has 2 rings (SSSR count). The minimum absolute atomic E-state index is 0.0967. The monoisotopic (exact) mass is 414 g/mol. The molecule has 0 radical (unpaired) electrons. The highest BCUT2D eigenvalue weighted by atomic mass is 32.2. The Balaban J connectivity index is 2.02. The third kappa shape index (κ3) is 4.84. The second-order valence-corrected chi connectivity index (χ2v) is 8.54. The number of halogens is 2. The summed E-state index contributed by atoms with van der Waals surface area (Å²) in [6.45, 7) is 1.34. The zero-order chi connectivity index (χ0) is 20.9. The Morgan fingerprint density at radius 2 is 1.75 bits per heavy atom. The summed E-state index contributed by atoms with van der Waals surface area (Å²) in [6, 6.07) is 5.92. The average Bonchev–Trinajstić information content (AvgIpc) is 2.68. The van der Waals surface area contributed by atoms with Crippen LogP contribution in [0.4, 0.5) is 8.78 Å². The van der Waals surface area contributed by atoms with Crippen molar-refractivity contribution >= 4 is 21.7 Å². The number of carbonyl (C=O) groups is 2. The fourth-order valence-electron chi connectivity index (χ4n) is 2.92. The van der Waals surface area contributed by atoms with Gasteiger partial charge in [0.05, 0.1) is 16.5 Å². The van der Waals surface area contributed by atoms with E-state index in [1.807, 2.05) is 0 Å². The van der Waals surface area contributed by atoms with Gasteiger partial charge in [0.1, 0.15) is 5.54 Å². The maximum Gasteiger partial charge on any atom is 0.341 e. The van der Waals surface area contributed by atoms with Gasteiger partial charge in [0.2, 0.25) is 9.84 Å². The predicted molar refractivity (Wildman–Crippen MR) is 94.1 cm³/mol. The van der Waals surface area contributed by atoms with E-state index in [0.29, 0.717) is 12.8 Å². The summed E-state index contributed by atoms with van der Waals surface area (Å²) in [5.74, 6) is -5.10. The van der Waals surface area contributed by atoms with Crippen molar-refractivity contribution in [2.24, 2.45) is 0 Å². The highest BCUT2D eigenvalue weighted by Gasteiger charge is 2.35. The molecule has 0 bridgehead atoms. The van der Waals surface area contributed by atoms with Crippen LogP contribution in [0.15, 0.2) is 29.2 Å². The molecule has 1 amide bonds. The molecule has 10 heteroatoms. The number of nitrogens with one attached hydrogen (secondary N) is 1. The fourth-order valence-corrected chi connectivity index (χ4v) is 3.64. The molecule has 1 fully saturated rings. The van der Waals surface area contributed by atoms with Crippen LogP contribution in [-0.4, -0.2) is 37.7 Å². The van der Waals surface area contributed by atoms with E-state index in [-0.39, 0.29) is 5.56 Å². The molecule has 1 aromatic carbocycles. The summed E-state index contributed by atoms with van der Waals surface area (Å²) < 4.78 is 52.9. The highest BCUT2D eigenvalue weighted by Crippen LogP contribution is 2.27. The molecule has 1 aliphatic rings. The lowest BCUT2D eigenvalue weighted by molar-refractivity contribution is -0.130. The smallest absolute Gasteiger partial charge is 0.341 e. The van der Waals surface area contributed by atoms with Crippen molar-refractivity contribution in [3.63, 3.8) is 0 Å². The van der Waals surface area contributed by atoms with E-state index in [1.165, 1.54) is 6.92 Å². The third-order valence-electron chi connectivity index (χ3n) is 4.59. The highest BCUT2D eigenvalue weighted by molar-refractivity contribution is 7.91. The lowest BCUT2D eigenvalue weighted by atomic mass is 9.83. The van der Waals surface area contributed by atoms with Gasteiger partial charge in [0, 0.05) is 0 Å². The number of nitriles is 1. The maximum atomic E-state index is 12.5. The number of esters is 1. The summed E-state index contributed by atoms with van der Waals surface area (Å²) in [5, 5.41) is 12.0. The SMILES string of the molecule is C[C@@H](OC(=O)c1ccc(S(=O)(=O)C(F)F)cc1)C(=O)NC1(C#N)CCCCC1. The zero-order valence-corrected chi connectivity index (χ0v) is 16.0. The van der Waals surface area contributed by atoms with Gasteiger partial charge in [-0.25, -0.2) is 13.2 Å². The maximum absolute atomic E-state index is 12.5. The number of rotatable bonds is 6. The van der Waals surface area contributed by atoms with E-state index in [4.69, 9.17) is 4.74 Å². The minimum atomic E-state index is -4.76. The summed E-state index contributed by atoms with van der Waals surface area (Å²) in [5.41, 5.74) is -1.07. The Morgan fingerprint density at radius 1 is 1.18 bits per heavy atom. The van der Waals surface area contributed by atoms with Crippen molar-refractivity contribution in [3.05, 3.63) is 29.8 Å². The first-order chi connectivity index (χ1) is 13.1. The Labute approximate surface area is 161 Å². The number of benzene rings is 1. The van der Waals surface area contributed by atoms with Crippen LogP contribution >= 0.6 is 0 Å². The number of amides is 1. The molecule has 0 heterocycles. The predicted octanol–water partition coefficient (Wildman–Crippen LogP) is 2.57. The number of hydrogen-bond acceptors (Lipinski definition) is 6. The molecule has 0 spiro atoms. The number of alkyl halides is 2. The molecule has 1 aliphatic carbocycles. The number of nitrogens with zero attached hydrogens (tertiary/aromatic N) is 1. The lowest BCUT2D eigenvalue weighted by Crippen LogP contribution is -2.52. The van der Waals surface area contributed by atoms with Crippen molar-refractivity contribution in [1.29, 1.82) is 5.26 Å². The number of sulfone groups is 1. The van der Waals surface area contributed by atoms with Crippen molar-refractivity contribution in [2.75, 3.05) is 0 Å². The molecule has 0 unspecified atom stereocenters. The van der Waals surface area contributed by atoms with E-state index < -0.39 is 44.0 Å². The van der Waals surface area contributed by atoms with Crippen molar-refractivity contribution in [2.45, 2.75) is 61.3 Å². The molecule has 1 N–H and O–H groups in total. The van der Waals surface area contributed by atoms with Crippen LogP contribution in [0.5, 0.6) is 0 Å². The molecule has 0 aliphatic heterocycles. The van der Waals surface area contributed by atoms with Gasteiger partial charge in [-0.2, -0.15) is 14.0 Å². The standard InChI is InChI=1S/C18H20F2N2O5S/c1-12(15(23)22-18(11-21)9-3-2-4-10-18)27-16(24)13-5-7-14(8-6-13)28(25,26)17(19)20/h5-8,12,17H,2-4,9-10H2,1H3,(H,22,23)/t12-/m1/s1. The lowest BCUT2D eigenvalue weighted by Gasteiger charge is -2.32.